The van der Waals surface area contributed by atoms with Gasteiger partial charge in [0, 0.05) is 31.9 Å². The molecule has 1 aliphatic rings. The van der Waals surface area contributed by atoms with E-state index in [0.29, 0.717) is 12.8 Å². The van der Waals surface area contributed by atoms with E-state index in [4.69, 9.17) is 4.74 Å². The first kappa shape index (κ1) is 14.6. The molecule has 2 rings (SSSR count). The molecule has 108 valence electrons. The average Bonchev–Trinajstić information content (AvgIpc) is 2.83. The van der Waals surface area contributed by atoms with E-state index in [1.807, 2.05) is 0 Å². The van der Waals surface area contributed by atoms with Crippen LogP contribution < -0.4 is 0 Å². The molecule has 1 saturated carbocycles. The smallest absolute Gasteiger partial charge is 0.303 e. The number of Topliss-reactive ketones (excluding diaryl/α,β-unsaturated/α-hetero) is 1. The highest BCUT2D eigenvalue weighted by Gasteiger charge is 2.41. The number of carbonyl (C=O) groups excluding carboxylic acids is 2. The Morgan fingerprint density at radius 1 is 1.45 bits per heavy atom. The maximum absolute atomic E-state index is 12.5. The van der Waals surface area contributed by atoms with Gasteiger partial charge in [-0.15, -0.1) is 0 Å². The van der Waals surface area contributed by atoms with Crippen molar-refractivity contribution in [2.75, 3.05) is 0 Å². The van der Waals surface area contributed by atoms with Gasteiger partial charge in [0.15, 0.2) is 5.03 Å². The van der Waals surface area contributed by atoms with Crippen LogP contribution in [0.15, 0.2) is 29.4 Å². The van der Waals surface area contributed by atoms with Gasteiger partial charge in [-0.2, -0.15) is 0 Å². The van der Waals surface area contributed by atoms with E-state index in [9.17, 15) is 18.0 Å². The van der Waals surface area contributed by atoms with E-state index in [0.717, 1.165) is 6.92 Å². The predicted octanol–water partition coefficient (Wildman–Crippen LogP) is 1.11. The van der Waals surface area contributed by atoms with Crippen molar-refractivity contribution in [3.05, 3.63) is 24.4 Å². The van der Waals surface area contributed by atoms with Crippen molar-refractivity contribution < 1.29 is 22.7 Å². The van der Waals surface area contributed by atoms with Gasteiger partial charge in [-0.1, -0.05) is 6.07 Å². The van der Waals surface area contributed by atoms with Gasteiger partial charge < -0.3 is 4.74 Å². The molecule has 2 unspecified atom stereocenters. The molecule has 0 amide bonds. The van der Waals surface area contributed by atoms with Crippen LogP contribution in [0, 0.1) is 5.92 Å². The topological polar surface area (TPSA) is 90.4 Å². The van der Waals surface area contributed by atoms with Crippen LogP contribution in [-0.2, 0) is 24.2 Å². The third kappa shape index (κ3) is 3.04. The zero-order valence-corrected chi connectivity index (χ0v) is 11.8. The normalized spacial score (nSPS) is 20.6. The molecule has 1 aromatic heterocycles. The summed E-state index contributed by atoms with van der Waals surface area (Å²) in [6, 6.07) is 4.49. The number of carbonyl (C=O) groups is 2. The van der Waals surface area contributed by atoms with Gasteiger partial charge in [0.05, 0.1) is 0 Å². The molecule has 1 fully saturated rings. The average molecular weight is 297 g/mol. The lowest BCUT2D eigenvalue weighted by atomic mass is 10.1. The molecule has 1 aromatic rings. The Kier molecular flexibility index (Phi) is 4.17. The summed E-state index contributed by atoms with van der Waals surface area (Å²) in [4.78, 5) is 26.3. The largest absolute Gasteiger partial charge is 0.445 e. The highest BCUT2D eigenvalue weighted by atomic mass is 32.2. The number of pyridine rings is 1. The van der Waals surface area contributed by atoms with Gasteiger partial charge >= 0.3 is 5.97 Å². The molecule has 0 spiro atoms. The lowest BCUT2D eigenvalue weighted by Crippen LogP contribution is -2.33. The second-order valence-corrected chi connectivity index (χ2v) is 6.71. The van der Waals surface area contributed by atoms with Gasteiger partial charge in [0.2, 0.25) is 15.3 Å². The third-order valence-electron chi connectivity index (χ3n) is 3.19. The summed E-state index contributed by atoms with van der Waals surface area (Å²) in [5.41, 5.74) is -1.35. The molecule has 0 saturated heterocycles. The Morgan fingerprint density at radius 2 is 2.20 bits per heavy atom. The Labute approximate surface area is 117 Å². The van der Waals surface area contributed by atoms with E-state index < -0.39 is 27.2 Å². The summed E-state index contributed by atoms with van der Waals surface area (Å²) in [6.45, 7) is 1.15. The number of ketones is 1. The Morgan fingerprint density at radius 3 is 2.70 bits per heavy atom. The molecule has 0 N–H and O–H groups in total. The minimum absolute atomic E-state index is 0.0108. The molecule has 20 heavy (non-hydrogen) atoms. The van der Waals surface area contributed by atoms with Crippen molar-refractivity contribution in [2.24, 2.45) is 5.92 Å². The van der Waals surface area contributed by atoms with Crippen molar-refractivity contribution in [3.8, 4) is 0 Å². The molecule has 1 aliphatic carbocycles. The lowest BCUT2D eigenvalue weighted by molar-refractivity contribution is -0.144. The number of ether oxygens (including phenoxy) is 1. The first-order valence-corrected chi connectivity index (χ1v) is 7.79. The number of nitrogens with zero attached hydrogens (tertiary/aromatic N) is 1. The van der Waals surface area contributed by atoms with Gasteiger partial charge in [0.1, 0.15) is 5.78 Å². The van der Waals surface area contributed by atoms with E-state index >= 15 is 0 Å². The van der Waals surface area contributed by atoms with Gasteiger partial charge in [0.25, 0.3) is 0 Å². The number of sulfone groups is 1. The van der Waals surface area contributed by atoms with Crippen LogP contribution in [0.25, 0.3) is 0 Å². The minimum Gasteiger partial charge on any atom is -0.445 e. The van der Waals surface area contributed by atoms with Crippen LogP contribution in [0.5, 0.6) is 0 Å². The molecule has 7 heteroatoms. The minimum atomic E-state index is -3.91. The Hall–Kier alpha value is -1.76. The SMILES string of the molecule is CC(=O)OC(C1CCC(=O)C1)S(=O)(=O)c1ccccn1. The van der Waals surface area contributed by atoms with Crippen LogP contribution in [0.1, 0.15) is 26.2 Å². The maximum atomic E-state index is 12.5. The van der Waals surface area contributed by atoms with Crippen LogP contribution in [0.3, 0.4) is 0 Å². The molecule has 0 bridgehead atoms. The molecular formula is C13H15NO5S. The zero-order chi connectivity index (χ0) is 14.8. The highest BCUT2D eigenvalue weighted by Crippen LogP contribution is 2.32. The second-order valence-electron chi connectivity index (χ2n) is 4.73. The summed E-state index contributed by atoms with van der Waals surface area (Å²) in [5, 5.41) is -0.148. The van der Waals surface area contributed by atoms with Gasteiger partial charge in [-0.25, -0.2) is 13.4 Å². The predicted molar refractivity (Wildman–Crippen MR) is 69.3 cm³/mol. The molecular weight excluding hydrogens is 282 g/mol. The second kappa shape index (κ2) is 5.70. The Bertz CT molecular complexity index is 611. The zero-order valence-electron chi connectivity index (χ0n) is 11.0. The van der Waals surface area contributed by atoms with E-state index in [-0.39, 0.29) is 17.2 Å². The van der Waals surface area contributed by atoms with Gasteiger partial charge in [-0.05, 0) is 18.6 Å². The number of rotatable bonds is 4. The summed E-state index contributed by atoms with van der Waals surface area (Å²) < 4.78 is 30.0. The first-order chi connectivity index (χ1) is 9.41. The maximum Gasteiger partial charge on any atom is 0.303 e. The third-order valence-corrected chi connectivity index (χ3v) is 5.10. The molecule has 0 aromatic carbocycles. The van der Waals surface area contributed by atoms with Crippen molar-refractivity contribution in [1.29, 1.82) is 0 Å². The van der Waals surface area contributed by atoms with E-state index in [1.54, 1.807) is 12.1 Å². The quantitative estimate of drug-likeness (QED) is 0.773. The fraction of sp³-hybridized carbons (Fsp3) is 0.462. The monoisotopic (exact) mass is 297 g/mol. The first-order valence-electron chi connectivity index (χ1n) is 6.25. The molecule has 0 radical (unpaired) electrons. The van der Waals surface area contributed by atoms with Crippen molar-refractivity contribution in [2.45, 2.75) is 36.6 Å². The van der Waals surface area contributed by atoms with Crippen LogP contribution in [0.2, 0.25) is 0 Å². The number of esters is 1. The number of aromatic nitrogens is 1. The van der Waals surface area contributed by atoms with Crippen LogP contribution in [0.4, 0.5) is 0 Å². The van der Waals surface area contributed by atoms with E-state index in [1.165, 1.54) is 12.3 Å². The van der Waals surface area contributed by atoms with E-state index in [2.05, 4.69) is 4.98 Å². The molecule has 6 nitrogen and oxygen atoms in total. The van der Waals surface area contributed by atoms with Crippen LogP contribution >= 0.6 is 0 Å². The van der Waals surface area contributed by atoms with Crippen molar-refractivity contribution in [3.63, 3.8) is 0 Å². The van der Waals surface area contributed by atoms with Crippen molar-refractivity contribution in [1.82, 2.24) is 4.98 Å². The van der Waals surface area contributed by atoms with Crippen LogP contribution in [-0.4, -0.2) is 30.6 Å². The fourth-order valence-corrected chi connectivity index (χ4v) is 4.00. The summed E-state index contributed by atoms with van der Waals surface area (Å²) in [6.07, 6.45) is 2.20. The summed E-state index contributed by atoms with van der Waals surface area (Å²) in [7, 11) is -3.91. The molecule has 1 heterocycles. The Balaban J connectivity index is 2.35. The number of hydrogen-bond donors (Lipinski definition) is 0. The standard InChI is InChI=1S/C13H15NO5S/c1-9(15)19-13(10-5-6-11(16)8-10)20(17,18)12-4-2-3-7-14-12/h2-4,7,10,13H,5-6,8H2,1H3. The summed E-state index contributed by atoms with van der Waals surface area (Å²) >= 11 is 0. The fourth-order valence-electron chi connectivity index (χ4n) is 2.29. The summed E-state index contributed by atoms with van der Waals surface area (Å²) in [5.74, 6) is -1.20. The lowest BCUT2D eigenvalue weighted by Gasteiger charge is -2.22. The number of hydrogen-bond acceptors (Lipinski definition) is 6. The molecule has 2 atom stereocenters. The highest BCUT2D eigenvalue weighted by molar-refractivity contribution is 7.91. The molecule has 0 aliphatic heterocycles. The van der Waals surface area contributed by atoms with Gasteiger partial charge in [-0.3, -0.25) is 9.59 Å². The van der Waals surface area contributed by atoms with Crippen molar-refractivity contribution >= 4 is 21.6 Å².